The molecule has 0 saturated carbocycles. The minimum Gasteiger partial charge on any atom is -0.322 e. The molecule has 0 radical (unpaired) electrons. The first-order chi connectivity index (χ1) is 18.2. The minimum absolute atomic E-state index is 0.0736. The first kappa shape index (κ1) is 24.9. The van der Waals surface area contributed by atoms with E-state index in [1.54, 1.807) is 29.2 Å². The molecule has 192 valence electrons. The number of halogens is 3. The van der Waals surface area contributed by atoms with E-state index in [1.165, 1.54) is 12.1 Å². The highest BCUT2D eigenvalue weighted by atomic mass is 19.4. The van der Waals surface area contributed by atoms with E-state index in [9.17, 15) is 18.0 Å². The number of nitrogens with zero attached hydrogens (tertiary/aromatic N) is 4. The Bertz CT molecular complexity index is 1640. The standard InChI is InChI=1S/C28H23F3N6O/c1-3-17-7-8-19(26(38)34-22-6-4-5-21(13-22)28(29,30)31)12-24(17)18-9-10-25-20(11-18)14-32-27(36-25)35-23-15-33-37(2)16-23/h4-16H,3H2,1-2H3,(H,34,38)(H,32,35,36). The number of alkyl halides is 3. The van der Waals surface area contributed by atoms with E-state index in [-0.39, 0.29) is 5.69 Å². The van der Waals surface area contributed by atoms with Gasteiger partial charge in [0, 0.05) is 36.1 Å². The first-order valence-electron chi connectivity index (χ1n) is 11.8. The summed E-state index contributed by atoms with van der Waals surface area (Å²) in [6.07, 6.45) is 1.46. The SMILES string of the molecule is CCc1ccc(C(=O)Nc2cccc(C(F)(F)F)c2)cc1-c1ccc2nc(Nc3cnn(C)c3)ncc2c1. The van der Waals surface area contributed by atoms with Gasteiger partial charge in [-0.1, -0.05) is 25.1 Å². The van der Waals surface area contributed by atoms with Crippen molar-refractivity contribution in [3.05, 3.63) is 95.9 Å². The molecule has 0 fully saturated rings. The number of carbonyl (C=O) groups excluding carboxylic acids is 1. The van der Waals surface area contributed by atoms with E-state index in [0.717, 1.165) is 51.8 Å². The lowest BCUT2D eigenvalue weighted by atomic mass is 9.94. The van der Waals surface area contributed by atoms with E-state index in [0.29, 0.717) is 11.5 Å². The molecule has 0 aliphatic rings. The van der Waals surface area contributed by atoms with Gasteiger partial charge in [0.2, 0.25) is 5.95 Å². The van der Waals surface area contributed by atoms with Gasteiger partial charge in [-0.05, 0) is 65.6 Å². The number of hydrogen-bond donors (Lipinski definition) is 2. The Labute approximate surface area is 216 Å². The molecule has 0 atom stereocenters. The van der Waals surface area contributed by atoms with Crippen LogP contribution >= 0.6 is 0 Å². The van der Waals surface area contributed by atoms with Crippen LogP contribution < -0.4 is 10.6 Å². The monoisotopic (exact) mass is 516 g/mol. The van der Waals surface area contributed by atoms with Crippen LogP contribution in [0.2, 0.25) is 0 Å². The predicted octanol–water partition coefficient (Wildman–Crippen LogP) is 6.61. The number of aryl methyl sites for hydroxylation is 2. The second-order valence-electron chi connectivity index (χ2n) is 8.75. The molecule has 2 heterocycles. The van der Waals surface area contributed by atoms with E-state index < -0.39 is 17.6 Å². The maximum Gasteiger partial charge on any atom is 0.416 e. The fourth-order valence-corrected chi connectivity index (χ4v) is 4.15. The Kier molecular flexibility index (Phi) is 6.54. The molecule has 0 bridgehead atoms. The van der Waals surface area contributed by atoms with Crippen LogP contribution in [0.4, 0.5) is 30.5 Å². The number of anilines is 3. The molecule has 1 amide bonds. The molecule has 2 aromatic heterocycles. The summed E-state index contributed by atoms with van der Waals surface area (Å²) in [5.41, 5.74) is 3.85. The Balaban J connectivity index is 1.42. The van der Waals surface area contributed by atoms with Gasteiger partial charge in [0.15, 0.2) is 0 Å². The van der Waals surface area contributed by atoms with Gasteiger partial charge in [-0.3, -0.25) is 9.48 Å². The number of nitrogens with one attached hydrogen (secondary N) is 2. The number of benzene rings is 3. The van der Waals surface area contributed by atoms with Crippen LogP contribution in [0, 0.1) is 0 Å². The molecule has 38 heavy (non-hydrogen) atoms. The van der Waals surface area contributed by atoms with Gasteiger partial charge in [0.05, 0.1) is 23.0 Å². The highest BCUT2D eigenvalue weighted by Gasteiger charge is 2.30. The van der Waals surface area contributed by atoms with Crippen LogP contribution in [-0.4, -0.2) is 25.7 Å². The van der Waals surface area contributed by atoms with Crippen LogP contribution in [0.3, 0.4) is 0 Å². The van der Waals surface area contributed by atoms with Gasteiger partial charge in [0.25, 0.3) is 5.91 Å². The zero-order valence-corrected chi connectivity index (χ0v) is 20.5. The molecule has 5 rings (SSSR count). The summed E-state index contributed by atoms with van der Waals surface area (Å²) in [5, 5.41) is 10.6. The van der Waals surface area contributed by atoms with E-state index in [2.05, 4.69) is 25.7 Å². The van der Waals surface area contributed by atoms with Crippen LogP contribution in [0.15, 0.2) is 79.3 Å². The summed E-state index contributed by atoms with van der Waals surface area (Å²) < 4.78 is 40.8. The van der Waals surface area contributed by atoms with E-state index in [1.807, 2.05) is 44.4 Å². The molecule has 10 heteroatoms. The van der Waals surface area contributed by atoms with Gasteiger partial charge in [-0.25, -0.2) is 9.97 Å². The zero-order chi connectivity index (χ0) is 26.9. The Morgan fingerprint density at radius 2 is 1.84 bits per heavy atom. The quantitative estimate of drug-likeness (QED) is 0.265. The molecule has 5 aromatic rings. The summed E-state index contributed by atoms with van der Waals surface area (Å²) in [7, 11) is 1.82. The zero-order valence-electron chi connectivity index (χ0n) is 20.5. The van der Waals surface area contributed by atoms with E-state index in [4.69, 9.17) is 0 Å². The normalized spacial score (nSPS) is 11.5. The fraction of sp³-hybridized carbons (Fsp3) is 0.143. The van der Waals surface area contributed by atoms with Crippen molar-refractivity contribution >= 4 is 34.1 Å². The van der Waals surface area contributed by atoms with Crippen molar-refractivity contribution < 1.29 is 18.0 Å². The fourth-order valence-electron chi connectivity index (χ4n) is 4.15. The van der Waals surface area contributed by atoms with Crippen LogP contribution in [0.25, 0.3) is 22.0 Å². The number of aromatic nitrogens is 4. The molecule has 0 spiro atoms. The molecule has 7 nitrogen and oxygen atoms in total. The summed E-state index contributed by atoms with van der Waals surface area (Å²) in [6.45, 7) is 2.02. The predicted molar refractivity (Wildman–Crippen MR) is 140 cm³/mol. The van der Waals surface area contributed by atoms with Crippen molar-refractivity contribution in [2.45, 2.75) is 19.5 Å². The van der Waals surface area contributed by atoms with Crippen molar-refractivity contribution in [2.75, 3.05) is 10.6 Å². The van der Waals surface area contributed by atoms with Crippen molar-refractivity contribution in [3.63, 3.8) is 0 Å². The first-order valence-corrected chi connectivity index (χ1v) is 11.8. The van der Waals surface area contributed by atoms with Crippen molar-refractivity contribution in [3.8, 4) is 11.1 Å². The average molecular weight is 517 g/mol. The molecule has 3 aromatic carbocycles. The number of fused-ring (bicyclic) bond motifs is 1. The van der Waals surface area contributed by atoms with Crippen LogP contribution in [-0.2, 0) is 19.6 Å². The van der Waals surface area contributed by atoms with Gasteiger partial charge in [0.1, 0.15) is 0 Å². The third-order valence-corrected chi connectivity index (χ3v) is 6.05. The molecule has 0 aliphatic heterocycles. The second kappa shape index (κ2) is 9.97. The molecule has 0 saturated heterocycles. The second-order valence-corrected chi connectivity index (χ2v) is 8.75. The number of carbonyl (C=O) groups is 1. The molecule has 0 unspecified atom stereocenters. The van der Waals surface area contributed by atoms with Gasteiger partial charge < -0.3 is 10.6 Å². The maximum atomic E-state index is 13.1. The topological polar surface area (TPSA) is 84.7 Å². The lowest BCUT2D eigenvalue weighted by molar-refractivity contribution is -0.137. The summed E-state index contributed by atoms with van der Waals surface area (Å²) in [5.74, 6) is -0.0516. The Morgan fingerprint density at radius 3 is 2.58 bits per heavy atom. The highest BCUT2D eigenvalue weighted by molar-refractivity contribution is 6.05. The largest absolute Gasteiger partial charge is 0.416 e. The summed E-state index contributed by atoms with van der Waals surface area (Å²) in [6, 6.07) is 15.6. The van der Waals surface area contributed by atoms with Crippen LogP contribution in [0.1, 0.15) is 28.4 Å². The smallest absolute Gasteiger partial charge is 0.322 e. The Morgan fingerprint density at radius 1 is 1.00 bits per heavy atom. The summed E-state index contributed by atoms with van der Waals surface area (Å²) in [4.78, 5) is 21.9. The molecular formula is C28H23F3N6O. The average Bonchev–Trinajstić information content (AvgIpc) is 3.31. The lowest BCUT2D eigenvalue weighted by Crippen LogP contribution is -2.13. The molecule has 2 N–H and O–H groups in total. The molecular weight excluding hydrogens is 493 g/mol. The third-order valence-electron chi connectivity index (χ3n) is 6.05. The number of amides is 1. The van der Waals surface area contributed by atoms with Crippen molar-refractivity contribution in [1.29, 1.82) is 0 Å². The van der Waals surface area contributed by atoms with Gasteiger partial charge in [-0.2, -0.15) is 18.3 Å². The maximum absolute atomic E-state index is 13.1. The van der Waals surface area contributed by atoms with Gasteiger partial charge >= 0.3 is 6.18 Å². The number of rotatable bonds is 6. The highest BCUT2D eigenvalue weighted by Crippen LogP contribution is 2.32. The lowest BCUT2D eigenvalue weighted by Gasteiger charge is -2.13. The van der Waals surface area contributed by atoms with Gasteiger partial charge in [-0.15, -0.1) is 0 Å². The number of hydrogen-bond acceptors (Lipinski definition) is 5. The van der Waals surface area contributed by atoms with Crippen molar-refractivity contribution in [2.24, 2.45) is 7.05 Å². The summed E-state index contributed by atoms with van der Waals surface area (Å²) >= 11 is 0. The van der Waals surface area contributed by atoms with Crippen molar-refractivity contribution in [1.82, 2.24) is 19.7 Å². The van der Waals surface area contributed by atoms with E-state index >= 15 is 0 Å². The van der Waals surface area contributed by atoms with Crippen LogP contribution in [0.5, 0.6) is 0 Å². The minimum atomic E-state index is -4.49. The molecule has 0 aliphatic carbocycles. The Hall–Kier alpha value is -4.73. The third kappa shape index (κ3) is 5.34.